The molecule has 3 rings (SSSR count). The maximum Gasteiger partial charge on any atom is 0.338 e. The number of carbonyl (C=O) groups excluding carboxylic acids is 2. The van der Waals surface area contributed by atoms with Gasteiger partial charge in [-0.2, -0.15) is 0 Å². The average molecular weight is 389 g/mol. The minimum atomic E-state index is -0.460. The van der Waals surface area contributed by atoms with Crippen LogP contribution < -0.4 is 5.32 Å². The summed E-state index contributed by atoms with van der Waals surface area (Å²) in [5.74, 6) is -0.699. The molecular formula is C22H32N2O4. The largest absolute Gasteiger partial charge is 0.452 e. The molecule has 1 aliphatic heterocycles. The van der Waals surface area contributed by atoms with Gasteiger partial charge in [0.15, 0.2) is 6.61 Å². The lowest BCUT2D eigenvalue weighted by molar-refractivity contribution is -0.125. The summed E-state index contributed by atoms with van der Waals surface area (Å²) in [5.41, 5.74) is 1.65. The summed E-state index contributed by atoms with van der Waals surface area (Å²) in [5, 5.41) is 3.02. The minimum Gasteiger partial charge on any atom is -0.452 e. The minimum absolute atomic E-state index is 0.0116. The molecule has 1 aromatic rings. The van der Waals surface area contributed by atoms with Crippen molar-refractivity contribution >= 4 is 11.9 Å². The molecule has 1 saturated heterocycles. The van der Waals surface area contributed by atoms with Crippen LogP contribution in [0.2, 0.25) is 0 Å². The van der Waals surface area contributed by atoms with Gasteiger partial charge in [0.1, 0.15) is 0 Å². The van der Waals surface area contributed by atoms with E-state index in [0.29, 0.717) is 12.1 Å². The van der Waals surface area contributed by atoms with Crippen molar-refractivity contribution in [2.24, 2.45) is 0 Å². The number of ether oxygens (including phenoxy) is 2. The fourth-order valence-corrected chi connectivity index (χ4v) is 4.26. The monoisotopic (exact) mass is 388 g/mol. The first kappa shape index (κ1) is 20.8. The predicted octanol–water partition coefficient (Wildman–Crippen LogP) is 2.56. The third kappa shape index (κ3) is 5.32. The van der Waals surface area contributed by atoms with Crippen LogP contribution in [0.5, 0.6) is 0 Å². The molecule has 0 aromatic heterocycles. The molecule has 6 heteroatoms. The normalized spacial score (nSPS) is 19.8. The molecule has 0 spiro atoms. The van der Waals surface area contributed by atoms with E-state index in [9.17, 15) is 9.59 Å². The Labute approximate surface area is 167 Å². The Balaban J connectivity index is 1.49. The highest BCUT2D eigenvalue weighted by atomic mass is 16.5. The number of amides is 1. The third-order valence-corrected chi connectivity index (χ3v) is 6.01. The molecule has 1 aromatic carbocycles. The van der Waals surface area contributed by atoms with Crippen LogP contribution in [0.3, 0.4) is 0 Å². The summed E-state index contributed by atoms with van der Waals surface area (Å²) in [7, 11) is 0. The van der Waals surface area contributed by atoms with Crippen molar-refractivity contribution in [2.75, 3.05) is 39.5 Å². The highest BCUT2D eigenvalue weighted by Crippen LogP contribution is 2.33. The number of nitrogens with zero attached hydrogens (tertiary/aromatic N) is 1. The van der Waals surface area contributed by atoms with E-state index in [1.165, 1.54) is 19.3 Å². The molecule has 6 nitrogen and oxygen atoms in total. The Hall–Kier alpha value is -1.92. The molecule has 28 heavy (non-hydrogen) atoms. The summed E-state index contributed by atoms with van der Waals surface area (Å²) in [6, 6.07) is 7.31. The number of hydrogen-bond donors (Lipinski definition) is 1. The van der Waals surface area contributed by atoms with E-state index in [4.69, 9.17) is 9.47 Å². The molecule has 0 unspecified atom stereocenters. The molecule has 1 saturated carbocycles. The fourth-order valence-electron chi connectivity index (χ4n) is 4.26. The van der Waals surface area contributed by atoms with Gasteiger partial charge in [0.25, 0.3) is 5.91 Å². The lowest BCUT2D eigenvalue weighted by Crippen LogP contribution is -2.59. The van der Waals surface area contributed by atoms with Gasteiger partial charge in [0.05, 0.1) is 18.8 Å². The number of nitrogens with one attached hydrogen (secondary N) is 1. The first-order valence-electron chi connectivity index (χ1n) is 10.5. The van der Waals surface area contributed by atoms with Crippen LogP contribution in [0.25, 0.3) is 0 Å². The van der Waals surface area contributed by atoms with Crippen molar-refractivity contribution in [3.05, 3.63) is 35.4 Å². The van der Waals surface area contributed by atoms with Crippen molar-refractivity contribution in [3.8, 4) is 0 Å². The lowest BCUT2D eigenvalue weighted by Gasteiger charge is -2.48. The van der Waals surface area contributed by atoms with Crippen LogP contribution in [-0.4, -0.2) is 61.8 Å². The van der Waals surface area contributed by atoms with Crippen LogP contribution in [0.1, 0.15) is 54.9 Å². The van der Waals surface area contributed by atoms with Crippen molar-refractivity contribution in [1.82, 2.24) is 10.2 Å². The summed E-state index contributed by atoms with van der Waals surface area (Å²) in [6.07, 6.45) is 6.75. The van der Waals surface area contributed by atoms with E-state index in [2.05, 4.69) is 17.1 Å². The van der Waals surface area contributed by atoms with Crippen molar-refractivity contribution in [3.63, 3.8) is 0 Å². The van der Waals surface area contributed by atoms with Crippen LogP contribution in [0.15, 0.2) is 24.3 Å². The lowest BCUT2D eigenvalue weighted by atomic mass is 9.79. The Bertz CT molecular complexity index is 647. The molecule has 1 N–H and O–H groups in total. The zero-order chi connectivity index (χ0) is 19.8. The van der Waals surface area contributed by atoms with Gasteiger partial charge in [-0.15, -0.1) is 0 Å². The maximum absolute atomic E-state index is 12.3. The highest BCUT2D eigenvalue weighted by Gasteiger charge is 2.38. The van der Waals surface area contributed by atoms with Gasteiger partial charge in [0.2, 0.25) is 0 Å². The second kappa shape index (κ2) is 10.0. The number of esters is 1. The van der Waals surface area contributed by atoms with Gasteiger partial charge >= 0.3 is 5.97 Å². The SMILES string of the molecule is CCc1ccc(C(=O)OCC(=O)NCC2(N3CCOCC3)CCCCC2)cc1. The molecule has 0 radical (unpaired) electrons. The summed E-state index contributed by atoms with van der Waals surface area (Å²) in [4.78, 5) is 26.9. The van der Waals surface area contributed by atoms with Crippen LogP contribution in [0, 0.1) is 0 Å². The molecule has 1 amide bonds. The molecule has 2 aliphatic rings. The molecule has 2 fully saturated rings. The van der Waals surface area contributed by atoms with Gasteiger partial charge in [0, 0.05) is 25.2 Å². The quantitative estimate of drug-likeness (QED) is 0.727. The summed E-state index contributed by atoms with van der Waals surface area (Å²) >= 11 is 0. The summed E-state index contributed by atoms with van der Waals surface area (Å²) < 4.78 is 10.7. The standard InChI is InChI=1S/C22H32N2O4/c1-2-18-6-8-19(9-7-18)21(26)28-16-20(25)23-17-22(10-4-3-5-11-22)24-12-14-27-15-13-24/h6-9H,2-5,10-17H2,1H3,(H,23,25). The number of benzene rings is 1. The van der Waals surface area contributed by atoms with E-state index in [1.54, 1.807) is 12.1 Å². The van der Waals surface area contributed by atoms with E-state index in [1.807, 2.05) is 12.1 Å². The maximum atomic E-state index is 12.3. The second-order valence-electron chi connectivity index (χ2n) is 7.79. The van der Waals surface area contributed by atoms with Crippen LogP contribution in [-0.2, 0) is 20.7 Å². The number of aryl methyl sites for hydroxylation is 1. The number of rotatable bonds is 7. The van der Waals surface area contributed by atoms with E-state index >= 15 is 0 Å². The van der Waals surface area contributed by atoms with E-state index in [-0.39, 0.29) is 18.1 Å². The summed E-state index contributed by atoms with van der Waals surface area (Å²) in [6.45, 7) is 5.77. The highest BCUT2D eigenvalue weighted by molar-refractivity contribution is 5.91. The average Bonchev–Trinajstić information content (AvgIpc) is 2.77. The first-order chi connectivity index (χ1) is 13.6. The van der Waals surface area contributed by atoms with Crippen LogP contribution >= 0.6 is 0 Å². The Kier molecular flexibility index (Phi) is 7.45. The fraction of sp³-hybridized carbons (Fsp3) is 0.636. The van der Waals surface area contributed by atoms with Gasteiger partial charge in [-0.05, 0) is 37.0 Å². The van der Waals surface area contributed by atoms with Gasteiger partial charge in [-0.3, -0.25) is 9.69 Å². The van der Waals surface area contributed by atoms with Crippen LogP contribution in [0.4, 0.5) is 0 Å². The smallest absolute Gasteiger partial charge is 0.338 e. The molecule has 154 valence electrons. The Morgan fingerprint density at radius 3 is 2.43 bits per heavy atom. The zero-order valence-corrected chi connectivity index (χ0v) is 16.9. The third-order valence-electron chi connectivity index (χ3n) is 6.01. The van der Waals surface area contributed by atoms with E-state index in [0.717, 1.165) is 51.1 Å². The zero-order valence-electron chi connectivity index (χ0n) is 16.9. The number of carbonyl (C=O) groups is 2. The topological polar surface area (TPSA) is 67.9 Å². The first-order valence-corrected chi connectivity index (χ1v) is 10.5. The second-order valence-corrected chi connectivity index (χ2v) is 7.79. The molecule has 0 atom stereocenters. The molecule has 0 bridgehead atoms. The molecule has 1 aliphatic carbocycles. The van der Waals surface area contributed by atoms with Crippen molar-refractivity contribution < 1.29 is 19.1 Å². The molecule has 1 heterocycles. The van der Waals surface area contributed by atoms with Gasteiger partial charge < -0.3 is 14.8 Å². The Morgan fingerprint density at radius 2 is 1.79 bits per heavy atom. The van der Waals surface area contributed by atoms with Gasteiger partial charge in [-0.25, -0.2) is 4.79 Å². The number of hydrogen-bond acceptors (Lipinski definition) is 5. The van der Waals surface area contributed by atoms with Gasteiger partial charge in [-0.1, -0.05) is 38.3 Å². The van der Waals surface area contributed by atoms with Crippen molar-refractivity contribution in [1.29, 1.82) is 0 Å². The Morgan fingerprint density at radius 1 is 1.11 bits per heavy atom. The number of morpholine rings is 1. The van der Waals surface area contributed by atoms with Crippen molar-refractivity contribution in [2.45, 2.75) is 51.0 Å². The molecular weight excluding hydrogens is 356 g/mol. The predicted molar refractivity (Wildman–Crippen MR) is 107 cm³/mol. The van der Waals surface area contributed by atoms with E-state index < -0.39 is 5.97 Å².